The van der Waals surface area contributed by atoms with E-state index in [2.05, 4.69) is 0 Å². The molecule has 2 aromatic rings. The predicted octanol–water partition coefficient (Wildman–Crippen LogP) is 3.47. The highest BCUT2D eigenvalue weighted by molar-refractivity contribution is 7.14. The third-order valence-electron chi connectivity index (χ3n) is 3.00. The fourth-order valence-electron chi connectivity index (χ4n) is 1.92. The Morgan fingerprint density at radius 3 is 2.43 bits per heavy atom. The molecule has 0 spiro atoms. The van der Waals surface area contributed by atoms with E-state index in [4.69, 9.17) is 9.84 Å². The van der Waals surface area contributed by atoms with Crippen LogP contribution in [0.4, 0.5) is 0 Å². The van der Waals surface area contributed by atoms with Crippen molar-refractivity contribution in [2.75, 3.05) is 0 Å². The van der Waals surface area contributed by atoms with Crippen molar-refractivity contribution in [2.24, 2.45) is 0 Å². The van der Waals surface area contributed by atoms with Crippen molar-refractivity contribution in [2.45, 2.75) is 26.9 Å². The van der Waals surface area contributed by atoms with Gasteiger partial charge in [0, 0.05) is 16.9 Å². The lowest BCUT2D eigenvalue weighted by Crippen LogP contribution is -1.98. The van der Waals surface area contributed by atoms with Crippen LogP contribution in [0.15, 0.2) is 30.3 Å². The van der Waals surface area contributed by atoms with Gasteiger partial charge < -0.3 is 9.84 Å². The molecule has 0 bridgehead atoms. The van der Waals surface area contributed by atoms with Crippen LogP contribution in [-0.2, 0) is 17.8 Å². The minimum absolute atomic E-state index is 0.124. The van der Waals surface area contributed by atoms with E-state index in [1.54, 1.807) is 13.0 Å². The number of ether oxygens (including phenoxy) is 1. The lowest BCUT2D eigenvalue weighted by atomic mass is 10.1. The molecule has 1 aromatic heterocycles. The Morgan fingerprint density at radius 1 is 1.24 bits per heavy atom. The summed E-state index contributed by atoms with van der Waals surface area (Å²) in [6.45, 7) is 3.78. The molecule has 0 unspecified atom stereocenters. The Balaban J connectivity index is 1.99. The Kier molecular flexibility index (Phi) is 4.75. The third kappa shape index (κ3) is 4.16. The number of ketones is 1. The molecule has 0 aliphatic heterocycles. The maximum atomic E-state index is 11.0. The molecule has 0 amide bonds. The van der Waals surface area contributed by atoms with E-state index in [1.807, 2.05) is 31.2 Å². The quantitative estimate of drug-likeness (QED) is 0.887. The van der Waals surface area contributed by atoms with Crippen LogP contribution in [0.1, 0.15) is 32.6 Å². The van der Waals surface area contributed by atoms with Crippen molar-refractivity contribution in [3.8, 4) is 5.75 Å². The summed E-state index contributed by atoms with van der Waals surface area (Å²) in [6.07, 6.45) is 0.423. The van der Waals surface area contributed by atoms with Gasteiger partial charge in [0.2, 0.25) is 0 Å². The molecule has 21 heavy (non-hydrogen) atoms. The lowest BCUT2D eigenvalue weighted by molar-refractivity contribution is -0.116. The first-order valence-electron chi connectivity index (χ1n) is 6.49. The number of hydrogen-bond acceptors (Lipinski definition) is 4. The maximum absolute atomic E-state index is 11.0. The van der Waals surface area contributed by atoms with Gasteiger partial charge in [0.1, 0.15) is 23.0 Å². The number of carboxylic acids is 1. The Labute approximate surface area is 127 Å². The smallest absolute Gasteiger partial charge is 0.345 e. The second-order valence-corrected chi connectivity index (χ2v) is 6.06. The number of benzene rings is 1. The largest absolute Gasteiger partial charge is 0.489 e. The Hall–Kier alpha value is -2.14. The van der Waals surface area contributed by atoms with Gasteiger partial charge in [-0.1, -0.05) is 12.1 Å². The molecule has 1 N–H and O–H groups in total. The van der Waals surface area contributed by atoms with E-state index in [1.165, 1.54) is 11.3 Å². The van der Waals surface area contributed by atoms with Crippen molar-refractivity contribution in [1.29, 1.82) is 0 Å². The summed E-state index contributed by atoms with van der Waals surface area (Å²) >= 11 is 1.25. The summed E-state index contributed by atoms with van der Waals surface area (Å²) < 4.78 is 5.65. The second-order valence-electron chi connectivity index (χ2n) is 4.81. The van der Waals surface area contributed by atoms with Gasteiger partial charge in [-0.15, -0.1) is 11.3 Å². The molecule has 0 fully saturated rings. The van der Waals surface area contributed by atoms with Crippen molar-refractivity contribution in [3.63, 3.8) is 0 Å². The van der Waals surface area contributed by atoms with E-state index >= 15 is 0 Å². The van der Waals surface area contributed by atoms with Crippen molar-refractivity contribution >= 4 is 23.1 Å². The molecule has 0 atom stereocenters. The number of aromatic carboxylic acids is 1. The summed E-state index contributed by atoms with van der Waals surface area (Å²) in [5, 5.41) is 8.95. The summed E-state index contributed by atoms with van der Waals surface area (Å²) in [5.41, 5.74) is 1.83. The summed E-state index contributed by atoms with van der Waals surface area (Å²) in [5.74, 6) is -0.0912. The first-order valence-corrected chi connectivity index (χ1v) is 7.31. The molecule has 110 valence electrons. The summed E-state index contributed by atoms with van der Waals surface area (Å²) in [4.78, 5) is 23.2. The monoisotopic (exact) mass is 304 g/mol. The molecule has 1 heterocycles. The standard InChI is InChI=1S/C16H16O4S/c1-10(17)7-12-3-5-14(6-4-12)20-9-13-8-15(16(18)19)21-11(13)2/h3-6,8H,7,9H2,1-2H3,(H,18,19). The van der Waals surface area contributed by atoms with Gasteiger partial charge in [-0.05, 0) is 37.6 Å². The summed E-state index contributed by atoms with van der Waals surface area (Å²) in [6, 6.07) is 9.00. The number of carbonyl (C=O) groups is 2. The van der Waals surface area contributed by atoms with Crippen LogP contribution in [0.2, 0.25) is 0 Å². The highest BCUT2D eigenvalue weighted by Crippen LogP contribution is 2.23. The third-order valence-corrected chi connectivity index (χ3v) is 4.08. The Morgan fingerprint density at radius 2 is 1.90 bits per heavy atom. The van der Waals surface area contributed by atoms with Gasteiger partial charge in [0.05, 0.1) is 0 Å². The van der Waals surface area contributed by atoms with Gasteiger partial charge in [0.15, 0.2) is 0 Å². The molecule has 0 aliphatic rings. The zero-order valence-corrected chi connectivity index (χ0v) is 12.7. The number of carbonyl (C=O) groups excluding carboxylic acids is 1. The van der Waals surface area contributed by atoms with Crippen LogP contribution >= 0.6 is 11.3 Å². The molecule has 4 nitrogen and oxygen atoms in total. The number of rotatable bonds is 6. The van der Waals surface area contributed by atoms with Crippen LogP contribution in [0.3, 0.4) is 0 Å². The number of thiophene rings is 1. The maximum Gasteiger partial charge on any atom is 0.345 e. The lowest BCUT2D eigenvalue weighted by Gasteiger charge is -2.06. The molecule has 0 aliphatic carbocycles. The van der Waals surface area contributed by atoms with Gasteiger partial charge in [-0.3, -0.25) is 4.79 Å². The molecule has 5 heteroatoms. The fourth-order valence-corrected chi connectivity index (χ4v) is 2.79. The highest BCUT2D eigenvalue weighted by atomic mass is 32.1. The fraction of sp³-hybridized carbons (Fsp3) is 0.250. The average Bonchev–Trinajstić information content (AvgIpc) is 2.79. The molecule has 1 aromatic carbocycles. The average molecular weight is 304 g/mol. The van der Waals surface area contributed by atoms with Crippen molar-refractivity contribution < 1.29 is 19.4 Å². The minimum Gasteiger partial charge on any atom is -0.489 e. The highest BCUT2D eigenvalue weighted by Gasteiger charge is 2.11. The van der Waals surface area contributed by atoms with Gasteiger partial charge in [0.25, 0.3) is 0 Å². The zero-order chi connectivity index (χ0) is 15.4. The number of carboxylic acid groups (broad SMARTS) is 1. The predicted molar refractivity (Wildman–Crippen MR) is 81.2 cm³/mol. The van der Waals surface area contributed by atoms with Crippen molar-refractivity contribution in [1.82, 2.24) is 0 Å². The second kappa shape index (κ2) is 6.54. The Bertz CT molecular complexity index is 655. The van der Waals surface area contributed by atoms with Crippen LogP contribution in [-0.4, -0.2) is 16.9 Å². The molecule has 0 saturated carbocycles. The first-order chi connectivity index (χ1) is 9.95. The van der Waals surface area contributed by atoms with E-state index in [-0.39, 0.29) is 5.78 Å². The molecular weight excluding hydrogens is 288 g/mol. The number of Topliss-reactive ketones (excluding diaryl/α,β-unsaturated/α-hetero) is 1. The number of hydrogen-bond donors (Lipinski definition) is 1. The normalized spacial score (nSPS) is 10.4. The van der Waals surface area contributed by atoms with E-state index in [9.17, 15) is 9.59 Å². The van der Waals surface area contributed by atoms with Gasteiger partial charge in [-0.25, -0.2) is 4.79 Å². The minimum atomic E-state index is -0.914. The molecule has 2 rings (SSSR count). The van der Waals surface area contributed by atoms with Crippen molar-refractivity contribution in [3.05, 3.63) is 51.2 Å². The topological polar surface area (TPSA) is 63.6 Å². The summed E-state index contributed by atoms with van der Waals surface area (Å²) in [7, 11) is 0. The zero-order valence-electron chi connectivity index (χ0n) is 11.9. The SMILES string of the molecule is CC(=O)Cc1ccc(OCc2cc(C(=O)O)sc2C)cc1. The van der Waals surface area contributed by atoms with E-state index < -0.39 is 5.97 Å². The van der Waals surface area contributed by atoms with Gasteiger partial charge >= 0.3 is 5.97 Å². The van der Waals surface area contributed by atoms with Crippen LogP contribution in [0.25, 0.3) is 0 Å². The molecule has 0 saturated heterocycles. The van der Waals surface area contributed by atoms with Gasteiger partial charge in [-0.2, -0.15) is 0 Å². The molecular formula is C16H16O4S. The van der Waals surface area contributed by atoms with Crippen LogP contribution in [0.5, 0.6) is 5.75 Å². The van der Waals surface area contributed by atoms with Crippen LogP contribution in [0, 0.1) is 6.92 Å². The molecule has 0 radical (unpaired) electrons. The first kappa shape index (κ1) is 15.3. The number of aryl methyl sites for hydroxylation is 1. The van der Waals surface area contributed by atoms with E-state index in [0.29, 0.717) is 23.7 Å². The van der Waals surface area contributed by atoms with Crippen LogP contribution < -0.4 is 4.74 Å². The van der Waals surface area contributed by atoms with E-state index in [0.717, 1.165) is 16.0 Å².